The number of carbonyl (C=O) groups excluding carboxylic acids is 2. The first kappa shape index (κ1) is 19.7. The van der Waals surface area contributed by atoms with Crippen molar-refractivity contribution in [2.24, 2.45) is 11.8 Å². The fraction of sp³-hybridized carbons (Fsp3) is 0.619. The Bertz CT molecular complexity index is 914. The highest BCUT2D eigenvalue weighted by atomic mass is 32.1. The van der Waals surface area contributed by atoms with Crippen LogP contribution < -0.4 is 5.32 Å². The molecule has 3 aliphatic rings. The SMILES string of the molecule is Cc1cc(CN2C[C@H]3C[C@@H](C2)[C@H](C(=O)NCc2cscn2)N2C(=O)CCC[C@@H]32)no1. The average Bonchev–Trinajstić information content (AvgIpc) is 3.39. The van der Waals surface area contributed by atoms with E-state index in [1.54, 1.807) is 5.51 Å². The predicted octanol–water partition coefficient (Wildman–Crippen LogP) is 1.96. The van der Waals surface area contributed by atoms with Gasteiger partial charge in [0.2, 0.25) is 11.8 Å². The molecule has 8 nitrogen and oxygen atoms in total. The first-order valence-corrected chi connectivity index (χ1v) is 11.6. The first-order chi connectivity index (χ1) is 14.6. The second kappa shape index (κ2) is 8.11. The molecular formula is C21H27N5O3S. The molecule has 2 amide bonds. The highest BCUT2D eigenvalue weighted by Crippen LogP contribution is 2.42. The lowest BCUT2D eigenvalue weighted by Gasteiger charge is -2.55. The van der Waals surface area contributed by atoms with Crippen molar-refractivity contribution in [3.8, 4) is 0 Å². The summed E-state index contributed by atoms with van der Waals surface area (Å²) in [6.07, 6.45) is 3.44. The first-order valence-electron chi connectivity index (χ1n) is 10.7. The second-order valence-electron chi connectivity index (χ2n) is 8.78. The average molecular weight is 430 g/mol. The van der Waals surface area contributed by atoms with Crippen LogP contribution in [0.4, 0.5) is 0 Å². The normalized spacial score (nSPS) is 29.0. The summed E-state index contributed by atoms with van der Waals surface area (Å²) in [5.41, 5.74) is 3.55. The van der Waals surface area contributed by atoms with Crippen molar-refractivity contribution in [3.63, 3.8) is 0 Å². The summed E-state index contributed by atoms with van der Waals surface area (Å²) in [5.74, 6) is 1.43. The number of fused-ring (bicyclic) bond motifs is 4. The molecule has 5 rings (SSSR count). The van der Waals surface area contributed by atoms with Crippen LogP contribution in [0.25, 0.3) is 0 Å². The fourth-order valence-electron chi connectivity index (χ4n) is 5.55. The number of hydrogen-bond donors (Lipinski definition) is 1. The van der Waals surface area contributed by atoms with Gasteiger partial charge in [-0.15, -0.1) is 11.3 Å². The van der Waals surface area contributed by atoms with Crippen molar-refractivity contribution in [3.05, 3.63) is 34.1 Å². The smallest absolute Gasteiger partial charge is 0.243 e. The van der Waals surface area contributed by atoms with Crippen molar-refractivity contribution < 1.29 is 14.1 Å². The number of thiazole rings is 1. The van der Waals surface area contributed by atoms with Gasteiger partial charge in [-0.25, -0.2) is 4.98 Å². The van der Waals surface area contributed by atoms with E-state index in [0.717, 1.165) is 56.0 Å². The van der Waals surface area contributed by atoms with E-state index in [1.165, 1.54) is 11.3 Å². The maximum absolute atomic E-state index is 13.3. The maximum atomic E-state index is 13.3. The zero-order chi connectivity index (χ0) is 20.7. The Morgan fingerprint density at radius 1 is 1.33 bits per heavy atom. The van der Waals surface area contributed by atoms with Gasteiger partial charge in [0, 0.05) is 49.5 Å². The van der Waals surface area contributed by atoms with Gasteiger partial charge in [0.25, 0.3) is 0 Å². The number of amides is 2. The van der Waals surface area contributed by atoms with Crippen LogP contribution in [-0.2, 0) is 22.7 Å². The van der Waals surface area contributed by atoms with Gasteiger partial charge in [-0.2, -0.15) is 0 Å². The predicted molar refractivity (Wildman–Crippen MR) is 110 cm³/mol. The molecule has 2 aromatic heterocycles. The monoisotopic (exact) mass is 429 g/mol. The van der Waals surface area contributed by atoms with Gasteiger partial charge in [-0.3, -0.25) is 14.5 Å². The quantitative estimate of drug-likeness (QED) is 0.781. The van der Waals surface area contributed by atoms with Crippen molar-refractivity contribution in [2.45, 2.75) is 57.8 Å². The summed E-state index contributed by atoms with van der Waals surface area (Å²) in [5, 5.41) is 9.13. The molecule has 2 aromatic rings. The van der Waals surface area contributed by atoms with Crippen LogP contribution in [0.2, 0.25) is 0 Å². The number of carbonyl (C=O) groups is 2. The summed E-state index contributed by atoms with van der Waals surface area (Å²) >= 11 is 1.52. The second-order valence-corrected chi connectivity index (χ2v) is 9.50. The minimum atomic E-state index is -0.403. The molecule has 0 aliphatic carbocycles. The Morgan fingerprint density at radius 2 is 2.20 bits per heavy atom. The lowest BCUT2D eigenvalue weighted by molar-refractivity contribution is -0.160. The van der Waals surface area contributed by atoms with Gasteiger partial charge in [0.15, 0.2) is 0 Å². The van der Waals surface area contributed by atoms with Crippen molar-refractivity contribution >= 4 is 23.2 Å². The van der Waals surface area contributed by atoms with Gasteiger partial charge in [0.1, 0.15) is 11.8 Å². The van der Waals surface area contributed by atoms with Crippen LogP contribution in [0.5, 0.6) is 0 Å². The Kier molecular flexibility index (Phi) is 5.32. The Labute approximate surface area is 179 Å². The Morgan fingerprint density at radius 3 is 2.97 bits per heavy atom. The number of aryl methyl sites for hydroxylation is 1. The highest BCUT2D eigenvalue weighted by molar-refractivity contribution is 7.07. The van der Waals surface area contributed by atoms with Crippen molar-refractivity contribution in [1.29, 1.82) is 0 Å². The molecule has 0 spiro atoms. The van der Waals surface area contributed by atoms with E-state index in [1.807, 2.05) is 23.3 Å². The molecule has 9 heteroatoms. The summed E-state index contributed by atoms with van der Waals surface area (Å²) in [6.45, 7) is 4.75. The molecular weight excluding hydrogens is 402 g/mol. The molecule has 3 aliphatic heterocycles. The minimum Gasteiger partial charge on any atom is -0.361 e. The molecule has 0 saturated carbocycles. The molecule has 3 saturated heterocycles. The standard InChI is InChI=1S/C21H27N5O3S/c1-13-5-16(24-29-13)10-25-8-14-6-15(9-25)20(26-18(14)3-2-4-19(26)27)21(28)22-7-17-11-30-12-23-17/h5,11-12,14-15,18,20H,2-4,6-10H2,1H3,(H,22,28)/t14-,15+,18+,20-/m1/s1. The van der Waals surface area contributed by atoms with E-state index in [2.05, 4.69) is 20.4 Å². The van der Waals surface area contributed by atoms with E-state index in [-0.39, 0.29) is 23.8 Å². The molecule has 0 aromatic carbocycles. The topological polar surface area (TPSA) is 91.6 Å². The maximum Gasteiger partial charge on any atom is 0.243 e. The molecule has 0 unspecified atom stereocenters. The molecule has 160 valence electrons. The van der Waals surface area contributed by atoms with Crippen molar-refractivity contribution in [1.82, 2.24) is 25.3 Å². The number of nitrogens with one attached hydrogen (secondary N) is 1. The van der Waals surface area contributed by atoms with Gasteiger partial charge >= 0.3 is 0 Å². The van der Waals surface area contributed by atoms with Crippen LogP contribution >= 0.6 is 11.3 Å². The third kappa shape index (κ3) is 3.76. The van der Waals surface area contributed by atoms with Crippen LogP contribution in [-0.4, -0.2) is 56.9 Å². The van der Waals surface area contributed by atoms with E-state index >= 15 is 0 Å². The van der Waals surface area contributed by atoms with Gasteiger partial charge in [0.05, 0.1) is 23.4 Å². The summed E-state index contributed by atoms with van der Waals surface area (Å²) in [7, 11) is 0. The lowest BCUT2D eigenvalue weighted by Crippen LogP contribution is -2.68. The molecule has 4 atom stereocenters. The number of nitrogens with zero attached hydrogens (tertiary/aromatic N) is 4. The van der Waals surface area contributed by atoms with E-state index in [4.69, 9.17) is 4.52 Å². The largest absolute Gasteiger partial charge is 0.361 e. The van der Waals surface area contributed by atoms with Gasteiger partial charge in [-0.1, -0.05) is 5.16 Å². The molecule has 1 N–H and O–H groups in total. The molecule has 3 fully saturated rings. The van der Waals surface area contributed by atoms with Crippen molar-refractivity contribution in [2.75, 3.05) is 13.1 Å². The van der Waals surface area contributed by atoms with Crippen LogP contribution in [0.15, 0.2) is 21.5 Å². The third-order valence-electron chi connectivity index (χ3n) is 6.68. The molecule has 5 heterocycles. The zero-order valence-corrected chi connectivity index (χ0v) is 17.9. The fourth-order valence-corrected chi connectivity index (χ4v) is 6.11. The van der Waals surface area contributed by atoms with Gasteiger partial charge in [-0.05, 0) is 32.1 Å². The Hall–Kier alpha value is -2.26. The van der Waals surface area contributed by atoms with Crippen LogP contribution in [0, 0.1) is 18.8 Å². The Balaban J connectivity index is 1.36. The number of likely N-dealkylation sites (tertiary alicyclic amines) is 1. The number of rotatable bonds is 5. The zero-order valence-electron chi connectivity index (χ0n) is 17.1. The van der Waals surface area contributed by atoms with E-state index in [9.17, 15) is 9.59 Å². The minimum absolute atomic E-state index is 0.0502. The summed E-state index contributed by atoms with van der Waals surface area (Å²) in [4.78, 5) is 34.7. The molecule has 0 radical (unpaired) electrons. The number of hydrogen-bond acceptors (Lipinski definition) is 7. The van der Waals surface area contributed by atoms with E-state index in [0.29, 0.717) is 18.9 Å². The summed E-state index contributed by atoms with van der Waals surface area (Å²) < 4.78 is 5.23. The van der Waals surface area contributed by atoms with Crippen LogP contribution in [0.3, 0.4) is 0 Å². The van der Waals surface area contributed by atoms with Gasteiger partial charge < -0.3 is 14.7 Å². The number of aromatic nitrogens is 2. The molecule has 30 heavy (non-hydrogen) atoms. The lowest BCUT2D eigenvalue weighted by atomic mass is 9.71. The van der Waals surface area contributed by atoms with Crippen LogP contribution in [0.1, 0.15) is 42.8 Å². The highest BCUT2D eigenvalue weighted by Gasteiger charge is 2.51. The summed E-state index contributed by atoms with van der Waals surface area (Å²) in [6, 6.07) is 1.72. The molecule has 2 bridgehead atoms. The third-order valence-corrected chi connectivity index (χ3v) is 7.31. The van der Waals surface area contributed by atoms with E-state index < -0.39 is 6.04 Å². The number of piperidine rings is 3.